The number of aromatic amines is 1. The summed E-state index contributed by atoms with van der Waals surface area (Å²) in [6, 6.07) is 10.3. The molecule has 1 aromatic heterocycles. The minimum atomic E-state index is -0.676. The van der Waals surface area contributed by atoms with Crippen molar-refractivity contribution in [2.75, 3.05) is 12.4 Å². The Morgan fingerprint density at radius 3 is 2.64 bits per heavy atom. The number of H-pyrrole nitrogens is 1. The maximum Gasteiger partial charge on any atom is 0.341 e. The molecule has 6 nitrogen and oxygen atoms in total. The average Bonchev–Trinajstić information content (AvgIpc) is 3.00. The Kier molecular flexibility index (Phi) is 4.19. The third-order valence-corrected chi connectivity index (χ3v) is 4.02. The van der Waals surface area contributed by atoms with Crippen molar-refractivity contribution in [2.24, 2.45) is 0 Å². The van der Waals surface area contributed by atoms with E-state index in [0.29, 0.717) is 5.69 Å². The molecule has 0 bridgehead atoms. The van der Waals surface area contributed by atoms with Crippen LogP contribution in [0.2, 0.25) is 0 Å². The number of aromatic nitrogens is 1. The number of benzene rings is 2. The lowest BCUT2D eigenvalue weighted by molar-refractivity contribution is 0.0597. The Labute approximate surface area is 144 Å². The van der Waals surface area contributed by atoms with Gasteiger partial charge in [-0.25, -0.2) is 4.79 Å². The Morgan fingerprint density at radius 2 is 1.92 bits per heavy atom. The number of rotatable bonds is 3. The van der Waals surface area contributed by atoms with Crippen LogP contribution in [0.1, 0.15) is 32.0 Å². The number of ether oxygens (including phenoxy) is 1. The zero-order valence-electron chi connectivity index (χ0n) is 14.1. The van der Waals surface area contributed by atoms with Gasteiger partial charge in [0, 0.05) is 10.9 Å². The van der Waals surface area contributed by atoms with Crippen molar-refractivity contribution in [1.82, 2.24) is 4.98 Å². The summed E-state index contributed by atoms with van der Waals surface area (Å²) in [5.74, 6) is -1.42. The molecule has 0 saturated heterocycles. The van der Waals surface area contributed by atoms with Crippen LogP contribution in [0.3, 0.4) is 0 Å². The van der Waals surface area contributed by atoms with Crippen LogP contribution in [0.25, 0.3) is 10.9 Å². The molecule has 0 fully saturated rings. The van der Waals surface area contributed by atoms with Gasteiger partial charge in [0.25, 0.3) is 5.91 Å². The smallest absolute Gasteiger partial charge is 0.341 e. The molecular weight excluding hydrogens is 320 g/mol. The van der Waals surface area contributed by atoms with E-state index >= 15 is 0 Å². The fourth-order valence-electron chi connectivity index (χ4n) is 2.83. The number of methoxy groups -OCH3 is 1. The van der Waals surface area contributed by atoms with Gasteiger partial charge in [-0.2, -0.15) is 0 Å². The number of aromatic hydroxyl groups is 1. The van der Waals surface area contributed by atoms with E-state index in [9.17, 15) is 14.7 Å². The molecular formula is C19H18N2O4. The summed E-state index contributed by atoms with van der Waals surface area (Å²) in [4.78, 5) is 27.2. The van der Waals surface area contributed by atoms with Crippen molar-refractivity contribution >= 4 is 28.5 Å². The second-order valence-electron chi connectivity index (χ2n) is 5.87. The van der Waals surface area contributed by atoms with Crippen LogP contribution >= 0.6 is 0 Å². The van der Waals surface area contributed by atoms with Gasteiger partial charge in [0.1, 0.15) is 11.3 Å². The number of para-hydroxylation sites is 1. The molecule has 0 radical (unpaired) electrons. The minimum absolute atomic E-state index is 0.0107. The maximum absolute atomic E-state index is 12.5. The Hall–Kier alpha value is -3.28. The van der Waals surface area contributed by atoms with Gasteiger partial charge in [0.05, 0.1) is 12.8 Å². The predicted molar refractivity (Wildman–Crippen MR) is 95.2 cm³/mol. The molecule has 2 aromatic carbocycles. The molecule has 1 heterocycles. The fourth-order valence-corrected chi connectivity index (χ4v) is 2.83. The molecule has 6 heteroatoms. The van der Waals surface area contributed by atoms with Crippen molar-refractivity contribution in [3.05, 3.63) is 58.8 Å². The fraction of sp³-hybridized carbons (Fsp3) is 0.158. The first kappa shape index (κ1) is 16.6. The van der Waals surface area contributed by atoms with Crippen molar-refractivity contribution in [3.63, 3.8) is 0 Å². The highest BCUT2D eigenvalue weighted by Crippen LogP contribution is 2.29. The highest BCUT2D eigenvalue weighted by Gasteiger charge is 2.17. The van der Waals surface area contributed by atoms with Gasteiger partial charge in [-0.1, -0.05) is 12.1 Å². The first-order valence-corrected chi connectivity index (χ1v) is 7.72. The lowest BCUT2D eigenvalue weighted by Gasteiger charge is -2.09. The zero-order chi connectivity index (χ0) is 18.1. The zero-order valence-corrected chi connectivity index (χ0v) is 14.1. The molecule has 0 aliphatic carbocycles. The van der Waals surface area contributed by atoms with E-state index in [1.165, 1.54) is 19.2 Å². The molecule has 3 aromatic rings. The SMILES string of the molecule is COC(=O)c1cccc(NC(=O)c2cc3c(C)cc(C)cc3[nH]2)c1O. The number of hydrogen-bond acceptors (Lipinski definition) is 4. The van der Waals surface area contributed by atoms with Crippen molar-refractivity contribution in [3.8, 4) is 5.75 Å². The molecule has 3 N–H and O–H groups in total. The second-order valence-corrected chi connectivity index (χ2v) is 5.87. The largest absolute Gasteiger partial charge is 0.505 e. The van der Waals surface area contributed by atoms with Crippen LogP contribution in [0.4, 0.5) is 5.69 Å². The number of anilines is 1. The van der Waals surface area contributed by atoms with E-state index in [2.05, 4.69) is 15.0 Å². The predicted octanol–water partition coefficient (Wildman–Crippen LogP) is 3.53. The van der Waals surface area contributed by atoms with Crippen LogP contribution < -0.4 is 5.32 Å². The number of fused-ring (bicyclic) bond motifs is 1. The summed E-state index contributed by atoms with van der Waals surface area (Å²) < 4.78 is 4.61. The Morgan fingerprint density at radius 1 is 1.16 bits per heavy atom. The topological polar surface area (TPSA) is 91.4 Å². The molecule has 0 saturated carbocycles. The van der Waals surface area contributed by atoms with Gasteiger partial charge in [-0.05, 0) is 49.2 Å². The number of hydrogen-bond donors (Lipinski definition) is 3. The number of amides is 1. The van der Waals surface area contributed by atoms with Gasteiger partial charge in [0.15, 0.2) is 5.75 Å². The highest BCUT2D eigenvalue weighted by molar-refractivity contribution is 6.08. The summed E-state index contributed by atoms with van der Waals surface area (Å²) in [5.41, 5.74) is 3.53. The van der Waals surface area contributed by atoms with Crippen LogP contribution in [0.5, 0.6) is 5.75 Å². The highest BCUT2D eigenvalue weighted by atomic mass is 16.5. The normalized spacial score (nSPS) is 10.7. The quantitative estimate of drug-likeness (QED) is 0.503. The van der Waals surface area contributed by atoms with Gasteiger partial charge in [-0.15, -0.1) is 0 Å². The summed E-state index contributed by atoms with van der Waals surface area (Å²) in [5, 5.41) is 13.8. The van der Waals surface area contributed by atoms with Gasteiger partial charge >= 0.3 is 5.97 Å². The number of carbonyl (C=O) groups excluding carboxylic acids is 2. The Balaban J connectivity index is 1.93. The first-order valence-electron chi connectivity index (χ1n) is 7.72. The average molecular weight is 338 g/mol. The van der Waals surface area contributed by atoms with E-state index in [-0.39, 0.29) is 17.0 Å². The van der Waals surface area contributed by atoms with Crippen LogP contribution in [0.15, 0.2) is 36.4 Å². The molecule has 0 aliphatic heterocycles. The third-order valence-electron chi connectivity index (χ3n) is 4.02. The molecule has 0 spiro atoms. The molecule has 0 unspecified atom stereocenters. The van der Waals surface area contributed by atoms with E-state index in [0.717, 1.165) is 22.0 Å². The molecule has 1 amide bonds. The summed E-state index contributed by atoms with van der Waals surface area (Å²) >= 11 is 0. The number of aryl methyl sites for hydroxylation is 2. The Bertz CT molecular complexity index is 988. The van der Waals surface area contributed by atoms with Crippen molar-refractivity contribution in [2.45, 2.75) is 13.8 Å². The standard InChI is InChI=1S/C19H18N2O4/c1-10-7-11(2)13-9-16(20-15(13)8-10)18(23)21-14-6-4-5-12(17(14)22)19(24)25-3/h4-9,20,22H,1-3H3,(H,21,23). The van der Waals surface area contributed by atoms with Gasteiger partial charge < -0.3 is 20.1 Å². The van der Waals surface area contributed by atoms with Crippen molar-refractivity contribution in [1.29, 1.82) is 0 Å². The maximum atomic E-state index is 12.5. The van der Waals surface area contributed by atoms with E-state index < -0.39 is 11.9 Å². The number of carbonyl (C=O) groups is 2. The van der Waals surface area contributed by atoms with E-state index in [1.807, 2.05) is 26.0 Å². The van der Waals surface area contributed by atoms with Crippen LogP contribution in [-0.2, 0) is 4.74 Å². The number of nitrogens with one attached hydrogen (secondary N) is 2. The molecule has 3 rings (SSSR count). The molecule has 128 valence electrons. The lowest BCUT2D eigenvalue weighted by atomic mass is 10.1. The summed E-state index contributed by atoms with van der Waals surface area (Å²) in [6.07, 6.45) is 0. The summed E-state index contributed by atoms with van der Waals surface area (Å²) in [7, 11) is 1.22. The van der Waals surface area contributed by atoms with Crippen LogP contribution in [0, 0.1) is 13.8 Å². The van der Waals surface area contributed by atoms with E-state index in [1.54, 1.807) is 12.1 Å². The molecule has 0 aliphatic rings. The monoisotopic (exact) mass is 338 g/mol. The third kappa shape index (κ3) is 3.06. The van der Waals surface area contributed by atoms with E-state index in [4.69, 9.17) is 0 Å². The molecule has 25 heavy (non-hydrogen) atoms. The number of phenols is 1. The van der Waals surface area contributed by atoms with Crippen molar-refractivity contribution < 1.29 is 19.4 Å². The van der Waals surface area contributed by atoms with Gasteiger partial charge in [0.2, 0.25) is 0 Å². The molecule has 0 atom stereocenters. The van der Waals surface area contributed by atoms with Gasteiger partial charge in [-0.3, -0.25) is 4.79 Å². The van der Waals surface area contributed by atoms with Crippen LogP contribution in [-0.4, -0.2) is 29.1 Å². The minimum Gasteiger partial charge on any atom is -0.505 e. The lowest BCUT2D eigenvalue weighted by Crippen LogP contribution is -2.13. The first-order chi connectivity index (χ1) is 11.9. The second kappa shape index (κ2) is 6.32. The number of phenolic OH excluding ortho intramolecular Hbond substituents is 1. The number of esters is 1. The summed E-state index contributed by atoms with van der Waals surface area (Å²) in [6.45, 7) is 3.97.